The van der Waals surface area contributed by atoms with Gasteiger partial charge in [-0.25, -0.2) is 15.8 Å². The summed E-state index contributed by atoms with van der Waals surface area (Å²) in [5, 5.41) is 0. The Balaban J connectivity index is 2.26. The largest absolute Gasteiger partial charge is 0.352 e. The Labute approximate surface area is 108 Å². The number of nitrogens with zero attached hydrogens (tertiary/aromatic N) is 4. The van der Waals surface area contributed by atoms with Crippen LogP contribution >= 0.6 is 0 Å². The number of nitrogen functional groups attached to an aromatic ring is 1. The maximum Gasteiger partial charge on any atom is 0.145 e. The van der Waals surface area contributed by atoms with Crippen molar-refractivity contribution in [3.63, 3.8) is 0 Å². The van der Waals surface area contributed by atoms with E-state index >= 15 is 0 Å². The standard InChI is InChI=1S/C12H22N6/c1-9-8-17(3)5-4-6-18(9)12-7-11(16-13)14-10(2)15-12/h7,9H,4-6,8,13H2,1-3H3,(H,14,15,16). The summed E-state index contributed by atoms with van der Waals surface area (Å²) in [7, 11) is 2.16. The maximum absolute atomic E-state index is 5.44. The molecule has 0 bridgehead atoms. The van der Waals surface area contributed by atoms with Crippen molar-refractivity contribution in [2.45, 2.75) is 26.3 Å². The number of hydrogen-bond donors (Lipinski definition) is 2. The Morgan fingerprint density at radius 3 is 2.89 bits per heavy atom. The van der Waals surface area contributed by atoms with Crippen molar-refractivity contribution in [2.75, 3.05) is 37.0 Å². The summed E-state index contributed by atoms with van der Waals surface area (Å²) >= 11 is 0. The molecular weight excluding hydrogens is 228 g/mol. The van der Waals surface area contributed by atoms with Crippen LogP contribution in [0.3, 0.4) is 0 Å². The van der Waals surface area contributed by atoms with E-state index in [4.69, 9.17) is 5.84 Å². The average molecular weight is 250 g/mol. The Bertz CT molecular complexity index is 408. The number of anilines is 2. The summed E-state index contributed by atoms with van der Waals surface area (Å²) in [4.78, 5) is 13.4. The molecule has 1 aromatic heterocycles. The third kappa shape index (κ3) is 2.88. The molecule has 1 aromatic rings. The van der Waals surface area contributed by atoms with E-state index in [1.165, 1.54) is 0 Å². The number of hydrazine groups is 1. The first-order chi connectivity index (χ1) is 8.60. The third-order valence-electron chi connectivity index (χ3n) is 3.31. The lowest BCUT2D eigenvalue weighted by Gasteiger charge is -2.29. The van der Waals surface area contributed by atoms with Crippen molar-refractivity contribution in [2.24, 2.45) is 5.84 Å². The van der Waals surface area contributed by atoms with E-state index < -0.39 is 0 Å². The molecule has 1 fully saturated rings. The number of aryl methyl sites for hydroxylation is 1. The fourth-order valence-corrected chi connectivity index (χ4v) is 2.49. The summed E-state index contributed by atoms with van der Waals surface area (Å²) < 4.78 is 0. The van der Waals surface area contributed by atoms with Crippen molar-refractivity contribution in [3.8, 4) is 0 Å². The average Bonchev–Trinajstić information content (AvgIpc) is 2.49. The van der Waals surface area contributed by atoms with Gasteiger partial charge < -0.3 is 15.2 Å². The molecule has 2 heterocycles. The molecule has 0 radical (unpaired) electrons. The first-order valence-electron chi connectivity index (χ1n) is 6.37. The monoisotopic (exact) mass is 250 g/mol. The molecule has 0 aromatic carbocycles. The molecule has 100 valence electrons. The van der Waals surface area contributed by atoms with Crippen molar-refractivity contribution >= 4 is 11.6 Å². The van der Waals surface area contributed by atoms with E-state index in [1.54, 1.807) is 0 Å². The van der Waals surface area contributed by atoms with Gasteiger partial charge in [-0.2, -0.15) is 0 Å². The van der Waals surface area contributed by atoms with Crippen LogP contribution in [0.5, 0.6) is 0 Å². The minimum absolute atomic E-state index is 0.442. The summed E-state index contributed by atoms with van der Waals surface area (Å²) in [5.74, 6) is 7.80. The van der Waals surface area contributed by atoms with Gasteiger partial charge in [0, 0.05) is 25.2 Å². The molecule has 1 aliphatic rings. The molecule has 0 amide bonds. The highest BCUT2D eigenvalue weighted by Crippen LogP contribution is 2.20. The number of nitrogens with two attached hydrogens (primary N) is 1. The van der Waals surface area contributed by atoms with Gasteiger partial charge in [-0.3, -0.25) is 0 Å². The van der Waals surface area contributed by atoms with Crippen molar-refractivity contribution < 1.29 is 0 Å². The fourth-order valence-electron chi connectivity index (χ4n) is 2.49. The zero-order valence-corrected chi connectivity index (χ0v) is 11.3. The zero-order valence-electron chi connectivity index (χ0n) is 11.3. The predicted octanol–water partition coefficient (Wildman–Crippen LogP) is 0.601. The molecule has 1 aliphatic heterocycles. The van der Waals surface area contributed by atoms with Crippen LogP contribution in [0, 0.1) is 6.92 Å². The molecule has 1 atom stereocenters. The molecule has 18 heavy (non-hydrogen) atoms. The lowest BCUT2D eigenvalue weighted by molar-refractivity contribution is 0.337. The Morgan fingerprint density at radius 2 is 2.17 bits per heavy atom. The molecule has 2 rings (SSSR count). The quantitative estimate of drug-likeness (QED) is 0.592. The second-order valence-corrected chi connectivity index (χ2v) is 4.96. The molecule has 3 N–H and O–H groups in total. The topological polar surface area (TPSA) is 70.3 Å². The molecule has 0 aliphatic carbocycles. The van der Waals surface area contributed by atoms with E-state index in [1.807, 2.05) is 13.0 Å². The highest BCUT2D eigenvalue weighted by Gasteiger charge is 2.21. The van der Waals surface area contributed by atoms with Gasteiger partial charge in [0.2, 0.25) is 0 Å². The molecule has 6 heteroatoms. The second-order valence-electron chi connectivity index (χ2n) is 4.96. The van der Waals surface area contributed by atoms with E-state index in [-0.39, 0.29) is 0 Å². The van der Waals surface area contributed by atoms with Gasteiger partial charge in [0.05, 0.1) is 0 Å². The van der Waals surface area contributed by atoms with Crippen LogP contribution in [0.25, 0.3) is 0 Å². The van der Waals surface area contributed by atoms with Crippen LogP contribution < -0.4 is 16.2 Å². The SMILES string of the molecule is Cc1nc(NN)cc(N2CCCN(C)CC2C)n1. The first kappa shape index (κ1) is 13.0. The minimum atomic E-state index is 0.442. The molecular formula is C12H22N6. The van der Waals surface area contributed by atoms with Gasteiger partial charge >= 0.3 is 0 Å². The summed E-state index contributed by atoms with van der Waals surface area (Å²) in [6.45, 7) is 7.32. The summed E-state index contributed by atoms with van der Waals surface area (Å²) in [5.41, 5.74) is 2.60. The van der Waals surface area contributed by atoms with Gasteiger partial charge in [0.15, 0.2) is 0 Å². The van der Waals surface area contributed by atoms with Crippen LogP contribution in [0.15, 0.2) is 6.07 Å². The first-order valence-corrected chi connectivity index (χ1v) is 6.37. The van der Waals surface area contributed by atoms with Gasteiger partial charge in [0.1, 0.15) is 17.5 Å². The number of nitrogens with one attached hydrogen (secondary N) is 1. The fraction of sp³-hybridized carbons (Fsp3) is 0.667. The molecule has 1 unspecified atom stereocenters. The van der Waals surface area contributed by atoms with Gasteiger partial charge in [-0.1, -0.05) is 0 Å². The molecule has 6 nitrogen and oxygen atoms in total. The van der Waals surface area contributed by atoms with Gasteiger partial charge in [-0.05, 0) is 33.9 Å². The Kier molecular flexibility index (Phi) is 3.98. The van der Waals surface area contributed by atoms with E-state index in [2.05, 4.69) is 39.2 Å². The lowest BCUT2D eigenvalue weighted by Crippen LogP contribution is -2.38. The summed E-state index contributed by atoms with van der Waals surface area (Å²) in [6, 6.07) is 2.35. The number of aromatic nitrogens is 2. The Morgan fingerprint density at radius 1 is 1.39 bits per heavy atom. The zero-order chi connectivity index (χ0) is 13.1. The number of likely N-dealkylation sites (N-methyl/N-ethyl adjacent to an activating group) is 1. The van der Waals surface area contributed by atoms with Crippen LogP contribution in [0.2, 0.25) is 0 Å². The Hall–Kier alpha value is -1.40. The van der Waals surface area contributed by atoms with Crippen molar-refractivity contribution in [3.05, 3.63) is 11.9 Å². The smallest absolute Gasteiger partial charge is 0.145 e. The minimum Gasteiger partial charge on any atom is -0.352 e. The summed E-state index contributed by atoms with van der Waals surface area (Å²) in [6.07, 6.45) is 1.15. The van der Waals surface area contributed by atoms with Crippen LogP contribution in [0.4, 0.5) is 11.6 Å². The van der Waals surface area contributed by atoms with Crippen LogP contribution in [0.1, 0.15) is 19.2 Å². The van der Waals surface area contributed by atoms with Crippen molar-refractivity contribution in [1.82, 2.24) is 14.9 Å². The third-order valence-corrected chi connectivity index (χ3v) is 3.31. The van der Waals surface area contributed by atoms with Crippen molar-refractivity contribution in [1.29, 1.82) is 0 Å². The molecule has 0 spiro atoms. The highest BCUT2D eigenvalue weighted by atomic mass is 15.3. The van der Waals surface area contributed by atoms with Crippen LogP contribution in [-0.2, 0) is 0 Å². The van der Waals surface area contributed by atoms with E-state index in [0.29, 0.717) is 11.9 Å². The van der Waals surface area contributed by atoms with Gasteiger partial charge in [0.25, 0.3) is 0 Å². The number of rotatable bonds is 2. The predicted molar refractivity (Wildman–Crippen MR) is 73.5 cm³/mol. The highest BCUT2D eigenvalue weighted by molar-refractivity contribution is 5.49. The van der Waals surface area contributed by atoms with E-state index in [0.717, 1.165) is 37.7 Å². The molecule has 1 saturated heterocycles. The van der Waals surface area contributed by atoms with E-state index in [9.17, 15) is 0 Å². The lowest BCUT2D eigenvalue weighted by atomic mass is 10.2. The van der Waals surface area contributed by atoms with Gasteiger partial charge in [-0.15, -0.1) is 0 Å². The normalized spacial score (nSPS) is 21.8. The number of hydrogen-bond acceptors (Lipinski definition) is 6. The maximum atomic E-state index is 5.44. The second kappa shape index (κ2) is 5.49. The van der Waals surface area contributed by atoms with Crippen LogP contribution in [-0.4, -0.2) is 47.6 Å². The molecule has 0 saturated carbocycles.